The Bertz CT molecular complexity index is 445. The van der Waals surface area contributed by atoms with Crippen molar-refractivity contribution in [3.05, 3.63) is 34.9 Å². The fourth-order valence-corrected chi connectivity index (χ4v) is 3.49. The van der Waals surface area contributed by atoms with Gasteiger partial charge in [-0.15, -0.1) is 0 Å². The van der Waals surface area contributed by atoms with Gasteiger partial charge in [-0.05, 0) is 69.4 Å². The molecule has 1 heterocycles. The van der Waals surface area contributed by atoms with E-state index in [-0.39, 0.29) is 0 Å². The topological polar surface area (TPSA) is 15.3 Å². The smallest absolute Gasteiger partial charge is 0.0453 e. The van der Waals surface area contributed by atoms with Crippen molar-refractivity contribution in [3.8, 4) is 0 Å². The van der Waals surface area contributed by atoms with E-state index in [4.69, 9.17) is 11.6 Å². The average molecular weight is 309 g/mol. The van der Waals surface area contributed by atoms with E-state index in [1.165, 1.54) is 37.9 Å². The van der Waals surface area contributed by atoms with Gasteiger partial charge in [-0.1, -0.05) is 43.6 Å². The van der Waals surface area contributed by atoms with Crippen LogP contribution in [-0.4, -0.2) is 31.6 Å². The minimum Gasteiger partial charge on any atom is -0.313 e. The molecule has 0 saturated carbocycles. The molecule has 1 unspecified atom stereocenters. The number of benzene rings is 1. The van der Waals surface area contributed by atoms with Crippen molar-refractivity contribution in [2.24, 2.45) is 5.41 Å². The molecule has 1 aliphatic rings. The number of halogens is 1. The van der Waals surface area contributed by atoms with Crippen LogP contribution < -0.4 is 5.32 Å². The van der Waals surface area contributed by atoms with Crippen molar-refractivity contribution < 1.29 is 0 Å². The number of hydrogen-bond donors (Lipinski definition) is 1. The Hall–Kier alpha value is -0.570. The van der Waals surface area contributed by atoms with Crippen molar-refractivity contribution in [2.45, 2.75) is 45.6 Å². The van der Waals surface area contributed by atoms with Gasteiger partial charge in [-0.2, -0.15) is 0 Å². The molecule has 118 valence electrons. The molecular formula is C18H29ClN2. The Kier molecular flexibility index (Phi) is 6.09. The molecule has 1 aliphatic heterocycles. The summed E-state index contributed by atoms with van der Waals surface area (Å²) < 4.78 is 0. The second-order valence-electron chi connectivity index (χ2n) is 7.01. The maximum absolute atomic E-state index is 6.33. The molecule has 0 amide bonds. The molecule has 0 radical (unpaired) electrons. The van der Waals surface area contributed by atoms with Crippen LogP contribution in [0.4, 0.5) is 0 Å². The SMILES string of the molecule is CNC(CCN1CCCC(C)(C)CC1)c1ccccc1Cl. The van der Waals surface area contributed by atoms with Gasteiger partial charge in [0.1, 0.15) is 0 Å². The van der Waals surface area contributed by atoms with Crippen molar-refractivity contribution in [1.29, 1.82) is 0 Å². The molecule has 0 bridgehead atoms. The van der Waals surface area contributed by atoms with Gasteiger partial charge in [0.25, 0.3) is 0 Å². The fourth-order valence-electron chi connectivity index (χ4n) is 3.23. The number of nitrogens with zero attached hydrogens (tertiary/aromatic N) is 1. The molecule has 21 heavy (non-hydrogen) atoms. The summed E-state index contributed by atoms with van der Waals surface area (Å²) in [6.45, 7) is 8.41. The lowest BCUT2D eigenvalue weighted by Crippen LogP contribution is -2.30. The van der Waals surface area contributed by atoms with E-state index >= 15 is 0 Å². The van der Waals surface area contributed by atoms with Gasteiger partial charge in [0, 0.05) is 11.1 Å². The summed E-state index contributed by atoms with van der Waals surface area (Å²) in [5.74, 6) is 0. The first-order valence-electron chi connectivity index (χ1n) is 8.16. The lowest BCUT2D eigenvalue weighted by molar-refractivity contribution is 0.251. The van der Waals surface area contributed by atoms with Gasteiger partial charge < -0.3 is 10.2 Å². The lowest BCUT2D eigenvalue weighted by atomic mass is 9.85. The first-order chi connectivity index (χ1) is 10.0. The van der Waals surface area contributed by atoms with E-state index < -0.39 is 0 Å². The molecule has 3 heteroatoms. The average Bonchev–Trinajstić information content (AvgIpc) is 2.62. The van der Waals surface area contributed by atoms with Crippen molar-refractivity contribution >= 4 is 11.6 Å². The van der Waals surface area contributed by atoms with E-state index in [0.29, 0.717) is 11.5 Å². The van der Waals surface area contributed by atoms with Crippen LogP contribution in [0.5, 0.6) is 0 Å². The molecule has 0 aromatic heterocycles. The third-order valence-corrected chi connectivity index (χ3v) is 5.14. The Balaban J connectivity index is 1.90. The first-order valence-corrected chi connectivity index (χ1v) is 8.54. The Labute approximate surface area is 134 Å². The van der Waals surface area contributed by atoms with Gasteiger partial charge in [-0.25, -0.2) is 0 Å². The van der Waals surface area contributed by atoms with Crippen LogP contribution >= 0.6 is 11.6 Å². The third kappa shape index (κ3) is 4.98. The monoisotopic (exact) mass is 308 g/mol. The van der Waals surface area contributed by atoms with Crippen LogP contribution in [0.2, 0.25) is 5.02 Å². The van der Waals surface area contributed by atoms with Crippen LogP contribution in [0.1, 0.15) is 51.1 Å². The largest absolute Gasteiger partial charge is 0.313 e. The molecule has 1 saturated heterocycles. The molecular weight excluding hydrogens is 280 g/mol. The predicted octanol–water partition coefficient (Wildman–Crippen LogP) is 4.50. The van der Waals surface area contributed by atoms with Gasteiger partial charge in [-0.3, -0.25) is 0 Å². The molecule has 0 spiro atoms. The molecule has 1 N–H and O–H groups in total. The van der Waals surface area contributed by atoms with Crippen molar-refractivity contribution in [1.82, 2.24) is 10.2 Å². The maximum Gasteiger partial charge on any atom is 0.0453 e. The molecule has 2 nitrogen and oxygen atoms in total. The van der Waals surface area contributed by atoms with E-state index in [9.17, 15) is 0 Å². The molecule has 1 aromatic carbocycles. The highest BCUT2D eigenvalue weighted by Crippen LogP contribution is 2.30. The fraction of sp³-hybridized carbons (Fsp3) is 0.667. The molecule has 2 rings (SSSR count). The quantitative estimate of drug-likeness (QED) is 0.861. The first kappa shape index (κ1) is 16.8. The molecule has 1 fully saturated rings. The number of nitrogens with one attached hydrogen (secondary N) is 1. The Morgan fingerprint density at radius 3 is 2.71 bits per heavy atom. The van der Waals surface area contributed by atoms with Crippen LogP contribution in [0.15, 0.2) is 24.3 Å². The molecule has 1 aromatic rings. The minimum absolute atomic E-state index is 0.343. The Morgan fingerprint density at radius 1 is 1.24 bits per heavy atom. The zero-order chi connectivity index (χ0) is 15.3. The maximum atomic E-state index is 6.33. The summed E-state index contributed by atoms with van der Waals surface area (Å²) in [7, 11) is 2.03. The third-order valence-electron chi connectivity index (χ3n) is 4.80. The van der Waals surface area contributed by atoms with Gasteiger partial charge in [0.2, 0.25) is 0 Å². The van der Waals surface area contributed by atoms with Gasteiger partial charge in [0.05, 0.1) is 0 Å². The lowest BCUT2D eigenvalue weighted by Gasteiger charge is -2.25. The van der Waals surface area contributed by atoms with E-state index in [1.54, 1.807) is 0 Å². The zero-order valence-corrected chi connectivity index (χ0v) is 14.4. The summed E-state index contributed by atoms with van der Waals surface area (Å²) in [6.07, 6.45) is 5.09. The zero-order valence-electron chi connectivity index (χ0n) is 13.7. The second kappa shape index (κ2) is 7.62. The predicted molar refractivity (Wildman–Crippen MR) is 91.9 cm³/mol. The number of hydrogen-bond acceptors (Lipinski definition) is 2. The van der Waals surface area contributed by atoms with Crippen LogP contribution in [0, 0.1) is 5.41 Å². The highest BCUT2D eigenvalue weighted by Gasteiger charge is 2.23. The van der Waals surface area contributed by atoms with Gasteiger partial charge in [0.15, 0.2) is 0 Å². The number of rotatable bonds is 5. The van der Waals surface area contributed by atoms with E-state index in [2.05, 4.69) is 36.2 Å². The highest BCUT2D eigenvalue weighted by molar-refractivity contribution is 6.31. The second-order valence-corrected chi connectivity index (χ2v) is 7.42. The van der Waals surface area contributed by atoms with E-state index in [0.717, 1.165) is 18.0 Å². The summed E-state index contributed by atoms with van der Waals surface area (Å²) in [6, 6.07) is 8.52. The highest BCUT2D eigenvalue weighted by atomic mass is 35.5. The summed E-state index contributed by atoms with van der Waals surface area (Å²) in [4.78, 5) is 2.62. The van der Waals surface area contributed by atoms with Crippen LogP contribution in [0.3, 0.4) is 0 Å². The summed E-state index contributed by atoms with van der Waals surface area (Å²) in [5.41, 5.74) is 1.73. The van der Waals surface area contributed by atoms with Crippen molar-refractivity contribution in [3.63, 3.8) is 0 Å². The number of likely N-dealkylation sites (tertiary alicyclic amines) is 1. The summed E-state index contributed by atoms with van der Waals surface area (Å²) in [5, 5.41) is 4.29. The van der Waals surface area contributed by atoms with Gasteiger partial charge >= 0.3 is 0 Å². The summed E-state index contributed by atoms with van der Waals surface area (Å²) >= 11 is 6.33. The molecule has 0 aliphatic carbocycles. The van der Waals surface area contributed by atoms with Crippen molar-refractivity contribution in [2.75, 3.05) is 26.7 Å². The normalized spacial score (nSPS) is 21.0. The Morgan fingerprint density at radius 2 is 2.00 bits per heavy atom. The van der Waals surface area contributed by atoms with Crippen LogP contribution in [-0.2, 0) is 0 Å². The van der Waals surface area contributed by atoms with E-state index in [1.807, 2.05) is 19.2 Å². The van der Waals surface area contributed by atoms with Crippen LogP contribution in [0.25, 0.3) is 0 Å². The standard InChI is InChI=1S/C18H29ClN2/c1-18(2)10-6-12-21(14-11-18)13-9-17(20-3)15-7-4-5-8-16(15)19/h4-5,7-8,17,20H,6,9-14H2,1-3H3. The molecule has 1 atom stereocenters. The minimum atomic E-state index is 0.343.